The molecule has 0 fully saturated rings. The highest BCUT2D eigenvalue weighted by molar-refractivity contribution is 5.94. The Morgan fingerprint density at radius 1 is 0.960 bits per heavy atom. The van der Waals surface area contributed by atoms with Crippen LogP contribution in [0.25, 0.3) is 0 Å². The molecular formula is C16H12F5NO3. The fraction of sp³-hybridized carbons (Fsp3) is 0.188. The monoisotopic (exact) mass is 361 g/mol. The molecule has 0 heterocycles. The number of alkyl halides is 5. The summed E-state index contributed by atoms with van der Waals surface area (Å²) in [7, 11) is 0. The van der Waals surface area contributed by atoms with Gasteiger partial charge in [-0.25, -0.2) is 0 Å². The van der Waals surface area contributed by atoms with Crippen molar-refractivity contribution in [3.05, 3.63) is 59.7 Å². The Morgan fingerprint density at radius 3 is 2.04 bits per heavy atom. The van der Waals surface area contributed by atoms with Crippen LogP contribution in [-0.2, 0) is 6.54 Å². The molecule has 4 nitrogen and oxygen atoms in total. The van der Waals surface area contributed by atoms with Gasteiger partial charge in [0.2, 0.25) is 0 Å². The number of hydrogen-bond acceptors (Lipinski definition) is 3. The van der Waals surface area contributed by atoms with Gasteiger partial charge in [0.25, 0.3) is 5.91 Å². The average molecular weight is 361 g/mol. The van der Waals surface area contributed by atoms with Crippen LogP contribution in [0.2, 0.25) is 0 Å². The molecule has 0 saturated carbocycles. The van der Waals surface area contributed by atoms with E-state index in [1.54, 1.807) is 0 Å². The van der Waals surface area contributed by atoms with Crippen LogP contribution in [0, 0.1) is 0 Å². The molecule has 0 unspecified atom stereocenters. The van der Waals surface area contributed by atoms with Crippen molar-refractivity contribution in [1.82, 2.24) is 5.32 Å². The number of halogens is 5. The molecule has 0 spiro atoms. The fourth-order valence-corrected chi connectivity index (χ4v) is 1.88. The largest absolute Gasteiger partial charge is 0.573 e. The van der Waals surface area contributed by atoms with Crippen LogP contribution in [0.5, 0.6) is 11.5 Å². The van der Waals surface area contributed by atoms with Gasteiger partial charge in [-0.05, 0) is 42.0 Å². The average Bonchev–Trinajstić information content (AvgIpc) is 2.52. The van der Waals surface area contributed by atoms with Gasteiger partial charge < -0.3 is 14.8 Å². The topological polar surface area (TPSA) is 47.6 Å². The first-order valence-electron chi connectivity index (χ1n) is 6.91. The van der Waals surface area contributed by atoms with E-state index in [2.05, 4.69) is 14.8 Å². The lowest BCUT2D eigenvalue weighted by Crippen LogP contribution is -2.22. The molecule has 0 aliphatic heterocycles. The smallest absolute Gasteiger partial charge is 0.435 e. The van der Waals surface area contributed by atoms with Crippen LogP contribution in [-0.4, -0.2) is 18.9 Å². The van der Waals surface area contributed by atoms with E-state index in [0.29, 0.717) is 5.56 Å². The van der Waals surface area contributed by atoms with Gasteiger partial charge in [0.1, 0.15) is 11.5 Å². The predicted octanol–water partition coefficient (Wildman–Crippen LogP) is 4.12. The summed E-state index contributed by atoms with van der Waals surface area (Å²) in [6, 6.07) is 10.1. The second-order valence-corrected chi connectivity index (χ2v) is 4.78. The molecule has 0 saturated heterocycles. The molecule has 9 heteroatoms. The minimum Gasteiger partial charge on any atom is -0.435 e. The zero-order valence-electron chi connectivity index (χ0n) is 12.5. The van der Waals surface area contributed by atoms with Gasteiger partial charge in [-0.1, -0.05) is 12.1 Å². The lowest BCUT2D eigenvalue weighted by atomic mass is 10.2. The lowest BCUT2D eigenvalue weighted by molar-refractivity contribution is -0.274. The number of ether oxygens (including phenoxy) is 2. The molecule has 0 aliphatic rings. The molecule has 1 N–H and O–H groups in total. The summed E-state index contributed by atoms with van der Waals surface area (Å²) in [4.78, 5) is 11.9. The summed E-state index contributed by atoms with van der Waals surface area (Å²) >= 11 is 0. The van der Waals surface area contributed by atoms with Crippen molar-refractivity contribution in [3.8, 4) is 11.5 Å². The standard InChI is InChI=1S/C16H12F5NO3/c17-15(18)24-12-7-3-11(4-8-12)14(23)22-9-10-1-5-13(6-2-10)25-16(19,20)21/h1-8,15H,9H2,(H,22,23). The third kappa shape index (κ3) is 6.28. The quantitative estimate of drug-likeness (QED) is 0.788. The maximum absolute atomic E-state index is 12.1. The summed E-state index contributed by atoms with van der Waals surface area (Å²) in [5, 5.41) is 2.55. The Kier molecular flexibility index (Phi) is 5.79. The van der Waals surface area contributed by atoms with Crippen LogP contribution >= 0.6 is 0 Å². The summed E-state index contributed by atoms with van der Waals surface area (Å²) in [5.41, 5.74) is 0.777. The Bertz CT molecular complexity index is 699. The third-order valence-electron chi connectivity index (χ3n) is 2.95. The van der Waals surface area contributed by atoms with Crippen molar-refractivity contribution < 1.29 is 36.2 Å². The minimum atomic E-state index is -4.77. The molecular weight excluding hydrogens is 349 g/mol. The first-order valence-corrected chi connectivity index (χ1v) is 6.91. The summed E-state index contributed by atoms with van der Waals surface area (Å²) in [5.74, 6) is -0.914. The third-order valence-corrected chi connectivity index (χ3v) is 2.95. The van der Waals surface area contributed by atoms with E-state index < -0.39 is 18.9 Å². The summed E-state index contributed by atoms with van der Waals surface area (Å²) in [6.45, 7) is -2.88. The molecule has 2 rings (SSSR count). The van der Waals surface area contributed by atoms with Crippen molar-refractivity contribution in [2.75, 3.05) is 0 Å². The Hall–Kier alpha value is -2.84. The lowest BCUT2D eigenvalue weighted by Gasteiger charge is -2.10. The number of nitrogens with one attached hydrogen (secondary N) is 1. The summed E-state index contributed by atoms with van der Waals surface area (Å²) < 4.78 is 68.1. The molecule has 2 aromatic rings. The number of benzene rings is 2. The van der Waals surface area contributed by atoms with Gasteiger partial charge >= 0.3 is 13.0 Å². The Morgan fingerprint density at radius 2 is 1.52 bits per heavy atom. The van der Waals surface area contributed by atoms with Crippen molar-refractivity contribution in [3.63, 3.8) is 0 Å². The SMILES string of the molecule is O=C(NCc1ccc(OC(F)(F)F)cc1)c1ccc(OC(F)F)cc1. The molecule has 0 bridgehead atoms. The number of hydrogen-bond donors (Lipinski definition) is 1. The zero-order chi connectivity index (χ0) is 18.4. The normalized spacial score (nSPS) is 11.3. The maximum atomic E-state index is 12.1. The van der Waals surface area contributed by atoms with Crippen LogP contribution < -0.4 is 14.8 Å². The highest BCUT2D eigenvalue weighted by atomic mass is 19.4. The number of rotatable bonds is 6. The van der Waals surface area contributed by atoms with E-state index >= 15 is 0 Å². The zero-order valence-corrected chi connectivity index (χ0v) is 12.5. The van der Waals surface area contributed by atoms with Gasteiger partial charge in [0.05, 0.1) is 0 Å². The molecule has 0 atom stereocenters. The Balaban J connectivity index is 1.89. The van der Waals surface area contributed by atoms with Gasteiger partial charge in [0, 0.05) is 12.1 Å². The highest BCUT2D eigenvalue weighted by Crippen LogP contribution is 2.22. The van der Waals surface area contributed by atoms with Crippen molar-refractivity contribution >= 4 is 5.91 Å². The van der Waals surface area contributed by atoms with Crippen LogP contribution in [0.1, 0.15) is 15.9 Å². The van der Waals surface area contributed by atoms with Gasteiger partial charge in [-0.3, -0.25) is 4.79 Å². The molecule has 25 heavy (non-hydrogen) atoms. The predicted molar refractivity (Wildman–Crippen MR) is 77.4 cm³/mol. The van der Waals surface area contributed by atoms with E-state index in [9.17, 15) is 26.7 Å². The number of carbonyl (C=O) groups excluding carboxylic acids is 1. The number of amides is 1. The van der Waals surface area contributed by atoms with E-state index in [1.165, 1.54) is 36.4 Å². The van der Waals surface area contributed by atoms with E-state index in [1.807, 2.05) is 0 Å². The summed E-state index contributed by atoms with van der Waals surface area (Å²) in [6.07, 6.45) is -4.77. The molecule has 1 amide bonds. The second kappa shape index (κ2) is 7.82. The fourth-order valence-electron chi connectivity index (χ4n) is 1.88. The minimum absolute atomic E-state index is 0.0699. The van der Waals surface area contributed by atoms with Crippen LogP contribution in [0.15, 0.2) is 48.5 Å². The molecule has 2 aromatic carbocycles. The molecule has 0 aliphatic carbocycles. The molecule has 0 radical (unpaired) electrons. The molecule has 134 valence electrons. The van der Waals surface area contributed by atoms with E-state index in [4.69, 9.17) is 0 Å². The van der Waals surface area contributed by atoms with Crippen molar-refractivity contribution in [2.45, 2.75) is 19.5 Å². The second-order valence-electron chi connectivity index (χ2n) is 4.78. The van der Waals surface area contributed by atoms with Gasteiger partial charge in [0.15, 0.2) is 0 Å². The van der Waals surface area contributed by atoms with E-state index in [0.717, 1.165) is 12.1 Å². The first-order chi connectivity index (χ1) is 11.7. The highest BCUT2D eigenvalue weighted by Gasteiger charge is 2.30. The Labute approximate surface area is 139 Å². The van der Waals surface area contributed by atoms with E-state index in [-0.39, 0.29) is 23.6 Å². The van der Waals surface area contributed by atoms with Gasteiger partial charge in [-0.2, -0.15) is 8.78 Å². The maximum Gasteiger partial charge on any atom is 0.573 e. The molecule has 0 aromatic heterocycles. The van der Waals surface area contributed by atoms with Crippen LogP contribution in [0.3, 0.4) is 0 Å². The van der Waals surface area contributed by atoms with Gasteiger partial charge in [-0.15, -0.1) is 13.2 Å². The van der Waals surface area contributed by atoms with Crippen molar-refractivity contribution in [2.24, 2.45) is 0 Å². The first kappa shape index (κ1) is 18.5. The van der Waals surface area contributed by atoms with Crippen molar-refractivity contribution in [1.29, 1.82) is 0 Å². The number of carbonyl (C=O) groups is 1. The van der Waals surface area contributed by atoms with Crippen LogP contribution in [0.4, 0.5) is 22.0 Å².